The van der Waals surface area contributed by atoms with Crippen LogP contribution in [0.4, 0.5) is 10.5 Å². The Morgan fingerprint density at radius 1 is 1.26 bits per heavy atom. The van der Waals surface area contributed by atoms with Crippen molar-refractivity contribution in [2.24, 2.45) is 0 Å². The lowest BCUT2D eigenvalue weighted by Crippen LogP contribution is -2.32. The Kier molecular flexibility index (Phi) is 5.48. The third kappa shape index (κ3) is 4.17. The van der Waals surface area contributed by atoms with Crippen LogP contribution in [0.25, 0.3) is 0 Å². The van der Waals surface area contributed by atoms with Crippen molar-refractivity contribution in [3.63, 3.8) is 0 Å². The molecule has 124 valence electrons. The molecular weight excluding hydrogens is 300 g/mol. The molecule has 0 spiro atoms. The van der Waals surface area contributed by atoms with Gasteiger partial charge >= 0.3 is 6.03 Å². The highest BCUT2D eigenvalue weighted by molar-refractivity contribution is 5.91. The van der Waals surface area contributed by atoms with Crippen LogP contribution in [0.2, 0.25) is 0 Å². The number of aryl methyl sites for hydroxylation is 1. The number of furan rings is 1. The lowest BCUT2D eigenvalue weighted by atomic mass is 10.2. The first-order valence-electron chi connectivity index (χ1n) is 7.05. The zero-order chi connectivity index (χ0) is 16.8. The molecule has 0 aliphatic heterocycles. The molecule has 0 fully saturated rings. The SMILES string of the molecule is COc1cccc(NC(=O)NCC(O)c2ccc(C)o2)c1OC. The molecular formula is C16H20N2O5. The fraction of sp³-hybridized carbons (Fsp3) is 0.312. The maximum atomic E-state index is 12.0. The molecule has 1 aromatic heterocycles. The van der Waals surface area contributed by atoms with Crippen LogP contribution in [-0.4, -0.2) is 31.9 Å². The van der Waals surface area contributed by atoms with Crippen molar-refractivity contribution in [2.75, 3.05) is 26.1 Å². The van der Waals surface area contributed by atoms with Crippen molar-refractivity contribution in [3.05, 3.63) is 41.9 Å². The standard InChI is InChI=1S/C16H20N2O5/c1-10-7-8-13(23-10)12(19)9-17-16(20)18-11-5-4-6-14(21-2)15(11)22-3/h4-8,12,19H,9H2,1-3H3,(H2,17,18,20). The van der Waals surface area contributed by atoms with Gasteiger partial charge in [0, 0.05) is 0 Å². The van der Waals surface area contributed by atoms with E-state index >= 15 is 0 Å². The first-order valence-corrected chi connectivity index (χ1v) is 7.05. The number of carbonyl (C=O) groups excluding carboxylic acids is 1. The van der Waals surface area contributed by atoms with Crippen molar-refractivity contribution in [3.8, 4) is 11.5 Å². The minimum absolute atomic E-state index is 0.0189. The van der Waals surface area contributed by atoms with Gasteiger partial charge in [-0.2, -0.15) is 0 Å². The monoisotopic (exact) mass is 320 g/mol. The Morgan fingerprint density at radius 2 is 2.04 bits per heavy atom. The van der Waals surface area contributed by atoms with E-state index in [-0.39, 0.29) is 6.54 Å². The van der Waals surface area contributed by atoms with Crippen molar-refractivity contribution in [2.45, 2.75) is 13.0 Å². The fourth-order valence-electron chi connectivity index (χ4n) is 2.07. The topological polar surface area (TPSA) is 93.0 Å². The summed E-state index contributed by atoms with van der Waals surface area (Å²) in [5, 5.41) is 15.2. The largest absolute Gasteiger partial charge is 0.493 e. The summed E-state index contributed by atoms with van der Waals surface area (Å²) in [4.78, 5) is 12.0. The molecule has 0 radical (unpaired) electrons. The predicted octanol–water partition coefficient (Wildman–Crippen LogP) is 2.46. The van der Waals surface area contributed by atoms with Gasteiger partial charge in [-0.3, -0.25) is 0 Å². The van der Waals surface area contributed by atoms with Crippen molar-refractivity contribution < 1.29 is 23.8 Å². The predicted molar refractivity (Wildman–Crippen MR) is 85.0 cm³/mol. The Labute approximate surface area is 134 Å². The number of hydrogen-bond donors (Lipinski definition) is 3. The van der Waals surface area contributed by atoms with Gasteiger partial charge in [0.25, 0.3) is 0 Å². The summed E-state index contributed by atoms with van der Waals surface area (Å²) < 4.78 is 15.7. The molecule has 2 rings (SSSR count). The van der Waals surface area contributed by atoms with Gasteiger partial charge in [0.1, 0.15) is 17.6 Å². The first kappa shape index (κ1) is 16.7. The van der Waals surface area contributed by atoms with E-state index in [1.165, 1.54) is 14.2 Å². The van der Waals surface area contributed by atoms with E-state index in [9.17, 15) is 9.90 Å². The summed E-state index contributed by atoms with van der Waals surface area (Å²) in [7, 11) is 3.01. The molecule has 1 heterocycles. The molecule has 0 bridgehead atoms. The number of amides is 2. The van der Waals surface area contributed by atoms with Crippen molar-refractivity contribution in [1.29, 1.82) is 0 Å². The minimum Gasteiger partial charge on any atom is -0.493 e. The maximum Gasteiger partial charge on any atom is 0.319 e. The Bertz CT molecular complexity index is 668. The van der Waals surface area contributed by atoms with Gasteiger partial charge in [-0.25, -0.2) is 4.79 Å². The number of hydrogen-bond acceptors (Lipinski definition) is 5. The summed E-state index contributed by atoms with van der Waals surface area (Å²) in [5.41, 5.74) is 0.465. The van der Waals surface area contributed by atoms with Gasteiger partial charge in [0.15, 0.2) is 11.5 Å². The maximum absolute atomic E-state index is 12.0. The number of nitrogens with one attached hydrogen (secondary N) is 2. The zero-order valence-corrected chi connectivity index (χ0v) is 13.3. The fourth-order valence-corrected chi connectivity index (χ4v) is 2.07. The number of anilines is 1. The third-order valence-electron chi connectivity index (χ3n) is 3.20. The Morgan fingerprint density at radius 3 is 2.65 bits per heavy atom. The summed E-state index contributed by atoms with van der Waals surface area (Å²) in [6.45, 7) is 1.80. The molecule has 2 amide bonds. The van der Waals surface area contributed by atoms with Crippen LogP contribution in [-0.2, 0) is 0 Å². The van der Waals surface area contributed by atoms with E-state index in [0.29, 0.717) is 28.7 Å². The average Bonchev–Trinajstić information content (AvgIpc) is 2.98. The highest BCUT2D eigenvalue weighted by Crippen LogP contribution is 2.34. The van der Waals surface area contributed by atoms with Crippen LogP contribution in [0.15, 0.2) is 34.7 Å². The molecule has 7 nitrogen and oxygen atoms in total. The molecule has 3 N–H and O–H groups in total. The van der Waals surface area contributed by atoms with E-state index < -0.39 is 12.1 Å². The highest BCUT2D eigenvalue weighted by Gasteiger charge is 2.15. The lowest BCUT2D eigenvalue weighted by Gasteiger charge is -2.14. The van der Waals surface area contributed by atoms with Crippen LogP contribution in [0.5, 0.6) is 11.5 Å². The number of ether oxygens (including phenoxy) is 2. The minimum atomic E-state index is -0.915. The van der Waals surface area contributed by atoms with E-state index in [2.05, 4.69) is 10.6 Å². The summed E-state index contributed by atoms with van der Waals surface area (Å²) in [6, 6.07) is 8.10. The van der Waals surface area contributed by atoms with Gasteiger partial charge < -0.3 is 29.6 Å². The smallest absolute Gasteiger partial charge is 0.319 e. The van der Waals surface area contributed by atoms with E-state index in [0.717, 1.165) is 0 Å². The average molecular weight is 320 g/mol. The number of aliphatic hydroxyl groups excluding tert-OH is 1. The van der Waals surface area contributed by atoms with E-state index in [4.69, 9.17) is 13.9 Å². The van der Waals surface area contributed by atoms with Gasteiger partial charge in [-0.1, -0.05) is 6.07 Å². The second-order valence-corrected chi connectivity index (χ2v) is 4.84. The number of para-hydroxylation sites is 1. The number of urea groups is 1. The Balaban J connectivity index is 1.95. The van der Waals surface area contributed by atoms with Gasteiger partial charge in [-0.05, 0) is 31.2 Å². The summed E-state index contributed by atoms with van der Waals surface area (Å²) in [5.74, 6) is 2.04. The van der Waals surface area contributed by atoms with Crippen molar-refractivity contribution >= 4 is 11.7 Å². The quantitative estimate of drug-likeness (QED) is 0.760. The van der Waals surface area contributed by atoms with Crippen molar-refractivity contribution in [1.82, 2.24) is 5.32 Å². The third-order valence-corrected chi connectivity index (χ3v) is 3.20. The molecule has 1 unspecified atom stereocenters. The molecule has 0 aliphatic rings. The van der Waals surface area contributed by atoms with Crippen LogP contribution in [0.1, 0.15) is 17.6 Å². The highest BCUT2D eigenvalue weighted by atomic mass is 16.5. The zero-order valence-electron chi connectivity index (χ0n) is 13.3. The first-order chi connectivity index (χ1) is 11.0. The van der Waals surface area contributed by atoms with Gasteiger partial charge in [-0.15, -0.1) is 0 Å². The van der Waals surface area contributed by atoms with E-state index in [1.807, 2.05) is 0 Å². The normalized spacial score (nSPS) is 11.7. The van der Waals surface area contributed by atoms with Crippen LogP contribution in [0.3, 0.4) is 0 Å². The second kappa shape index (κ2) is 7.55. The lowest BCUT2D eigenvalue weighted by molar-refractivity contribution is 0.148. The number of rotatable bonds is 6. The number of methoxy groups -OCH3 is 2. The number of benzene rings is 1. The molecule has 1 aromatic carbocycles. The molecule has 0 saturated carbocycles. The summed E-state index contributed by atoms with van der Waals surface area (Å²) >= 11 is 0. The molecule has 0 aliphatic carbocycles. The molecule has 23 heavy (non-hydrogen) atoms. The number of aliphatic hydroxyl groups is 1. The summed E-state index contributed by atoms with van der Waals surface area (Å²) in [6.07, 6.45) is -0.915. The van der Waals surface area contributed by atoms with Gasteiger partial charge in [0.2, 0.25) is 0 Å². The van der Waals surface area contributed by atoms with Crippen LogP contribution >= 0.6 is 0 Å². The molecule has 7 heteroatoms. The Hall–Kier alpha value is -2.67. The van der Waals surface area contributed by atoms with Crippen LogP contribution < -0.4 is 20.1 Å². The van der Waals surface area contributed by atoms with Crippen LogP contribution in [0, 0.1) is 6.92 Å². The number of carbonyl (C=O) groups is 1. The molecule has 2 aromatic rings. The van der Waals surface area contributed by atoms with Gasteiger partial charge in [0.05, 0.1) is 26.5 Å². The van der Waals surface area contributed by atoms with E-state index in [1.54, 1.807) is 37.3 Å². The molecule has 1 atom stereocenters. The molecule has 0 saturated heterocycles. The second-order valence-electron chi connectivity index (χ2n) is 4.84.